The van der Waals surface area contributed by atoms with Crippen molar-refractivity contribution in [3.63, 3.8) is 0 Å². The minimum Gasteiger partial charge on any atom is -0.465 e. The summed E-state index contributed by atoms with van der Waals surface area (Å²) in [4.78, 5) is 9.96. The quantitative estimate of drug-likeness (QED) is 0.452. The fraction of sp³-hybridized carbons (Fsp3) is 0.857. The highest BCUT2D eigenvalue weighted by atomic mass is 16.4. The van der Waals surface area contributed by atoms with E-state index in [1.807, 2.05) is 0 Å². The van der Waals surface area contributed by atoms with Crippen LogP contribution in [-0.2, 0) is 0 Å². The maximum absolute atomic E-state index is 9.96. The third-order valence-corrected chi connectivity index (χ3v) is 1.41. The van der Waals surface area contributed by atoms with Gasteiger partial charge in [-0.1, -0.05) is 12.8 Å². The van der Waals surface area contributed by atoms with E-state index < -0.39 is 6.09 Å². The van der Waals surface area contributed by atoms with Crippen molar-refractivity contribution in [1.82, 2.24) is 11.5 Å². The third kappa shape index (κ3) is 11.9. The second-order valence-electron chi connectivity index (χ2n) is 2.43. The highest BCUT2D eigenvalue weighted by molar-refractivity contribution is 5.64. The van der Waals surface area contributed by atoms with Crippen molar-refractivity contribution >= 4 is 6.09 Å². The van der Waals surface area contributed by atoms with Gasteiger partial charge in [-0.25, -0.2) is 4.79 Å². The van der Waals surface area contributed by atoms with Gasteiger partial charge in [-0.15, -0.1) is 0 Å². The van der Waals surface area contributed by atoms with E-state index in [1.165, 1.54) is 0 Å². The van der Waals surface area contributed by atoms with Gasteiger partial charge in [0.15, 0.2) is 0 Å². The minimum absolute atomic E-state index is 0. The Morgan fingerprint density at radius 2 is 1.83 bits per heavy atom. The lowest BCUT2D eigenvalue weighted by molar-refractivity contribution is 0.194. The molecule has 0 aliphatic carbocycles. The Kier molecular flexibility index (Phi) is 11.7. The Hall–Kier alpha value is -0.810. The van der Waals surface area contributed by atoms with E-state index in [0.717, 1.165) is 32.2 Å². The number of nitrogens with one attached hydrogen (secondary N) is 1. The fourth-order valence-electron chi connectivity index (χ4n) is 0.818. The van der Waals surface area contributed by atoms with Gasteiger partial charge in [0.2, 0.25) is 0 Å². The van der Waals surface area contributed by atoms with E-state index in [4.69, 9.17) is 10.8 Å². The van der Waals surface area contributed by atoms with Crippen LogP contribution in [0.25, 0.3) is 0 Å². The molecule has 0 heterocycles. The molecule has 1 amide bonds. The van der Waals surface area contributed by atoms with Crippen molar-refractivity contribution in [2.45, 2.75) is 25.7 Å². The molecule has 5 nitrogen and oxygen atoms in total. The van der Waals surface area contributed by atoms with E-state index in [0.29, 0.717) is 6.54 Å². The molecule has 0 atom stereocenters. The zero-order valence-corrected chi connectivity index (χ0v) is 7.38. The van der Waals surface area contributed by atoms with E-state index in [1.54, 1.807) is 0 Å². The zero-order chi connectivity index (χ0) is 8.53. The summed E-state index contributed by atoms with van der Waals surface area (Å²) in [6, 6.07) is 0. The van der Waals surface area contributed by atoms with Crippen molar-refractivity contribution in [3.05, 3.63) is 0 Å². The van der Waals surface area contributed by atoms with Crippen molar-refractivity contribution < 1.29 is 9.90 Å². The lowest BCUT2D eigenvalue weighted by Gasteiger charge is -1.99. The van der Waals surface area contributed by atoms with Gasteiger partial charge in [-0.05, 0) is 19.4 Å². The maximum atomic E-state index is 9.96. The molecular weight excluding hydrogens is 158 g/mol. The Labute approximate surface area is 72.9 Å². The van der Waals surface area contributed by atoms with Crippen molar-refractivity contribution in [2.75, 3.05) is 13.1 Å². The molecule has 7 N–H and O–H groups in total. The van der Waals surface area contributed by atoms with Crippen LogP contribution in [0, 0.1) is 0 Å². The van der Waals surface area contributed by atoms with Crippen LogP contribution in [0.4, 0.5) is 4.79 Å². The molecule has 0 rings (SSSR count). The summed E-state index contributed by atoms with van der Waals surface area (Å²) >= 11 is 0. The molecule has 0 aromatic rings. The predicted molar refractivity (Wildman–Crippen MR) is 48.6 cm³/mol. The van der Waals surface area contributed by atoms with Crippen LogP contribution >= 0.6 is 0 Å². The molecule has 0 aromatic carbocycles. The van der Waals surface area contributed by atoms with E-state index in [-0.39, 0.29) is 6.15 Å². The number of carboxylic acid groups (broad SMARTS) is 1. The summed E-state index contributed by atoms with van der Waals surface area (Å²) in [6.07, 6.45) is 3.15. The normalized spacial score (nSPS) is 8.75. The summed E-state index contributed by atoms with van der Waals surface area (Å²) in [5, 5.41) is 10.5. The lowest BCUT2D eigenvalue weighted by Crippen LogP contribution is -2.21. The molecule has 0 saturated carbocycles. The molecule has 0 aliphatic rings. The average Bonchev–Trinajstić information content (AvgIpc) is 1.96. The molecule has 0 aliphatic heterocycles. The van der Waals surface area contributed by atoms with Gasteiger partial charge in [-0.2, -0.15) is 0 Å². The van der Waals surface area contributed by atoms with Crippen LogP contribution < -0.4 is 17.2 Å². The number of nitrogens with two attached hydrogens (primary N) is 1. The standard InChI is InChI=1S/C7H16N2O2.H3N/c8-5-3-1-2-4-6-9-7(10)11;/h9H,1-6,8H2,(H,10,11);1H3. The van der Waals surface area contributed by atoms with E-state index in [2.05, 4.69) is 5.32 Å². The van der Waals surface area contributed by atoms with Crippen LogP contribution in [0.3, 0.4) is 0 Å². The minimum atomic E-state index is -0.941. The maximum Gasteiger partial charge on any atom is 0.404 e. The summed E-state index contributed by atoms with van der Waals surface area (Å²) in [5.41, 5.74) is 5.28. The third-order valence-electron chi connectivity index (χ3n) is 1.41. The monoisotopic (exact) mass is 177 g/mol. The number of hydrogen-bond acceptors (Lipinski definition) is 3. The Morgan fingerprint density at radius 3 is 2.33 bits per heavy atom. The van der Waals surface area contributed by atoms with Gasteiger partial charge in [0.05, 0.1) is 0 Å². The highest BCUT2D eigenvalue weighted by Gasteiger charge is 1.92. The van der Waals surface area contributed by atoms with Crippen LogP contribution in [0.1, 0.15) is 25.7 Å². The van der Waals surface area contributed by atoms with Crippen molar-refractivity contribution in [1.29, 1.82) is 0 Å². The Morgan fingerprint density at radius 1 is 1.25 bits per heavy atom. The smallest absolute Gasteiger partial charge is 0.404 e. The average molecular weight is 177 g/mol. The van der Waals surface area contributed by atoms with Crippen LogP contribution in [0.2, 0.25) is 0 Å². The molecule has 0 fully saturated rings. The van der Waals surface area contributed by atoms with Crippen LogP contribution in [0.5, 0.6) is 0 Å². The van der Waals surface area contributed by atoms with Crippen LogP contribution in [0.15, 0.2) is 0 Å². The SMILES string of the molecule is N.NCCCCCCNC(=O)O. The molecule has 0 unspecified atom stereocenters. The second-order valence-corrected chi connectivity index (χ2v) is 2.43. The first-order valence-corrected chi connectivity index (χ1v) is 3.94. The summed E-state index contributed by atoms with van der Waals surface area (Å²) in [6.45, 7) is 1.28. The molecule has 0 spiro atoms. The molecular formula is C7H19N3O2. The van der Waals surface area contributed by atoms with Crippen molar-refractivity contribution in [3.8, 4) is 0 Å². The van der Waals surface area contributed by atoms with Crippen molar-refractivity contribution in [2.24, 2.45) is 5.73 Å². The first-order valence-electron chi connectivity index (χ1n) is 3.94. The first kappa shape index (κ1) is 13.8. The Bertz CT molecular complexity index is 109. The number of hydrogen-bond donors (Lipinski definition) is 4. The van der Waals surface area contributed by atoms with Gasteiger partial charge in [-0.3, -0.25) is 0 Å². The Balaban J connectivity index is 0. The van der Waals surface area contributed by atoms with Gasteiger partial charge >= 0.3 is 6.09 Å². The number of carbonyl (C=O) groups is 1. The van der Waals surface area contributed by atoms with Gasteiger partial charge in [0.25, 0.3) is 0 Å². The number of amides is 1. The number of rotatable bonds is 6. The molecule has 0 aromatic heterocycles. The predicted octanol–water partition coefficient (Wildman–Crippen LogP) is 0.935. The van der Waals surface area contributed by atoms with Gasteiger partial charge in [0.1, 0.15) is 0 Å². The van der Waals surface area contributed by atoms with E-state index >= 15 is 0 Å². The van der Waals surface area contributed by atoms with Gasteiger partial charge in [0, 0.05) is 6.54 Å². The molecule has 0 radical (unpaired) electrons. The van der Waals surface area contributed by atoms with Gasteiger partial charge < -0.3 is 22.3 Å². The largest absolute Gasteiger partial charge is 0.465 e. The number of unbranched alkanes of at least 4 members (excludes halogenated alkanes) is 3. The molecule has 5 heteroatoms. The topological polar surface area (TPSA) is 110 Å². The van der Waals surface area contributed by atoms with Crippen LogP contribution in [-0.4, -0.2) is 24.3 Å². The lowest BCUT2D eigenvalue weighted by atomic mass is 10.2. The summed E-state index contributed by atoms with van der Waals surface area (Å²) in [7, 11) is 0. The fourth-order valence-corrected chi connectivity index (χ4v) is 0.818. The zero-order valence-electron chi connectivity index (χ0n) is 7.38. The molecule has 0 bridgehead atoms. The summed E-state index contributed by atoms with van der Waals surface area (Å²) in [5.74, 6) is 0. The van der Waals surface area contributed by atoms with E-state index in [9.17, 15) is 4.79 Å². The second kappa shape index (κ2) is 10.2. The highest BCUT2D eigenvalue weighted by Crippen LogP contribution is 1.96. The molecule has 0 saturated heterocycles. The molecule has 12 heavy (non-hydrogen) atoms. The first-order chi connectivity index (χ1) is 5.27. The summed E-state index contributed by atoms with van der Waals surface area (Å²) < 4.78 is 0. The molecule has 74 valence electrons.